The molecule has 1 atom stereocenters. The Morgan fingerprint density at radius 3 is 2.75 bits per heavy atom. The van der Waals surface area contributed by atoms with Crippen LogP contribution in [-0.4, -0.2) is 58.7 Å². The fraction of sp³-hybridized carbons (Fsp3) is 0.714. The summed E-state index contributed by atoms with van der Waals surface area (Å²) in [6.45, 7) is 6.09. The lowest BCUT2D eigenvalue weighted by molar-refractivity contribution is -0.133. The maximum absolute atomic E-state index is 12.4. The van der Waals surface area contributed by atoms with E-state index in [4.69, 9.17) is 5.73 Å². The van der Waals surface area contributed by atoms with Gasteiger partial charge in [0.15, 0.2) is 0 Å². The van der Waals surface area contributed by atoms with Gasteiger partial charge in [-0.05, 0) is 40.3 Å². The maximum Gasteiger partial charge on any atom is 0.244 e. The highest BCUT2D eigenvalue weighted by Crippen LogP contribution is 2.17. The van der Waals surface area contributed by atoms with Gasteiger partial charge >= 0.3 is 0 Å². The van der Waals surface area contributed by atoms with Gasteiger partial charge in [-0.1, -0.05) is 0 Å². The Balaban J connectivity index is 2.02. The van der Waals surface area contributed by atoms with Gasteiger partial charge < -0.3 is 15.5 Å². The number of aryl methyl sites for hydroxylation is 1. The van der Waals surface area contributed by atoms with E-state index in [0.29, 0.717) is 11.7 Å². The summed E-state index contributed by atoms with van der Waals surface area (Å²) in [5, 5.41) is 4.33. The summed E-state index contributed by atoms with van der Waals surface area (Å²) in [5.74, 6) is 0.0934. The fourth-order valence-electron chi connectivity index (χ4n) is 2.76. The SMILES string of the molecule is Cc1nn(CC(=O)N(C)C2CCCN(C)C2)c(C)c1N. The molecule has 2 rings (SSSR count). The van der Waals surface area contributed by atoms with Gasteiger partial charge in [0.1, 0.15) is 6.54 Å². The number of nitrogens with two attached hydrogens (primary N) is 1. The monoisotopic (exact) mass is 279 g/mol. The molecule has 2 heterocycles. The number of nitrogen functional groups attached to an aromatic ring is 1. The molecule has 6 nitrogen and oxygen atoms in total. The van der Waals surface area contributed by atoms with Crippen LogP contribution < -0.4 is 5.73 Å². The van der Waals surface area contributed by atoms with Crippen molar-refractivity contribution >= 4 is 11.6 Å². The molecule has 0 radical (unpaired) electrons. The second-order valence-electron chi connectivity index (χ2n) is 5.81. The van der Waals surface area contributed by atoms with Gasteiger partial charge in [0.2, 0.25) is 5.91 Å². The lowest BCUT2D eigenvalue weighted by Gasteiger charge is -2.35. The number of hydrogen-bond acceptors (Lipinski definition) is 4. The highest BCUT2D eigenvalue weighted by atomic mass is 16.2. The summed E-state index contributed by atoms with van der Waals surface area (Å²) in [5.41, 5.74) is 8.23. The van der Waals surface area contributed by atoms with Crippen LogP contribution in [-0.2, 0) is 11.3 Å². The first kappa shape index (κ1) is 14.8. The van der Waals surface area contributed by atoms with Crippen molar-refractivity contribution in [3.63, 3.8) is 0 Å². The Morgan fingerprint density at radius 2 is 2.20 bits per heavy atom. The average Bonchev–Trinajstić information content (AvgIpc) is 2.65. The third-order valence-corrected chi connectivity index (χ3v) is 4.26. The van der Waals surface area contributed by atoms with Gasteiger partial charge in [0.25, 0.3) is 0 Å². The number of hydrogen-bond donors (Lipinski definition) is 1. The molecule has 1 aromatic heterocycles. The van der Waals surface area contributed by atoms with Crippen LogP contribution in [0.5, 0.6) is 0 Å². The summed E-state index contributed by atoms with van der Waals surface area (Å²) in [6.07, 6.45) is 2.22. The highest BCUT2D eigenvalue weighted by Gasteiger charge is 2.25. The standard InChI is InChI=1S/C14H25N5O/c1-10-14(15)11(2)19(16-10)9-13(20)18(4)12-6-5-7-17(3)8-12/h12H,5-9,15H2,1-4H3. The lowest BCUT2D eigenvalue weighted by Crippen LogP contribution is -2.48. The molecule has 1 aromatic rings. The smallest absolute Gasteiger partial charge is 0.244 e. The number of carbonyl (C=O) groups is 1. The van der Waals surface area contributed by atoms with Crippen LogP contribution in [0.4, 0.5) is 5.69 Å². The zero-order valence-corrected chi connectivity index (χ0v) is 12.9. The molecule has 1 amide bonds. The number of likely N-dealkylation sites (tertiary alicyclic amines) is 1. The normalized spacial score (nSPS) is 20.1. The molecule has 0 bridgehead atoms. The predicted molar refractivity (Wildman–Crippen MR) is 79.4 cm³/mol. The van der Waals surface area contributed by atoms with Crippen LogP contribution in [0, 0.1) is 13.8 Å². The molecule has 2 N–H and O–H groups in total. The van der Waals surface area contributed by atoms with Crippen LogP contribution in [0.1, 0.15) is 24.2 Å². The van der Waals surface area contributed by atoms with Gasteiger partial charge in [-0.3, -0.25) is 9.48 Å². The van der Waals surface area contributed by atoms with Crippen LogP contribution in [0.25, 0.3) is 0 Å². The number of nitrogens with zero attached hydrogens (tertiary/aromatic N) is 4. The number of amides is 1. The Morgan fingerprint density at radius 1 is 1.50 bits per heavy atom. The minimum atomic E-state index is 0.0934. The second kappa shape index (κ2) is 5.83. The number of carbonyl (C=O) groups excluding carboxylic acids is 1. The molecule has 0 spiro atoms. The largest absolute Gasteiger partial charge is 0.396 e. The fourth-order valence-corrected chi connectivity index (χ4v) is 2.76. The summed E-state index contributed by atoms with van der Waals surface area (Å²) in [6, 6.07) is 0.301. The molecule has 1 aliphatic heterocycles. The van der Waals surface area contributed by atoms with E-state index in [0.717, 1.165) is 37.3 Å². The van der Waals surface area contributed by atoms with Crippen molar-refractivity contribution in [2.75, 3.05) is 32.9 Å². The number of anilines is 1. The van der Waals surface area contributed by atoms with Crippen molar-refractivity contribution in [2.45, 2.75) is 39.3 Å². The minimum absolute atomic E-state index is 0.0934. The highest BCUT2D eigenvalue weighted by molar-refractivity contribution is 5.76. The number of piperidine rings is 1. The van der Waals surface area contributed by atoms with Crippen molar-refractivity contribution in [3.05, 3.63) is 11.4 Å². The lowest BCUT2D eigenvalue weighted by atomic mass is 10.1. The van der Waals surface area contributed by atoms with Crippen LogP contribution in [0.15, 0.2) is 0 Å². The summed E-state index contributed by atoms with van der Waals surface area (Å²) < 4.78 is 1.70. The van der Waals surface area contributed by atoms with E-state index in [1.54, 1.807) is 4.68 Å². The van der Waals surface area contributed by atoms with Crippen molar-refractivity contribution in [2.24, 2.45) is 0 Å². The van der Waals surface area contributed by atoms with E-state index in [-0.39, 0.29) is 12.5 Å². The molecule has 1 fully saturated rings. The predicted octanol–water partition coefficient (Wildman–Crippen LogP) is 0.635. The van der Waals surface area contributed by atoms with E-state index in [9.17, 15) is 4.79 Å². The quantitative estimate of drug-likeness (QED) is 0.881. The number of aromatic nitrogens is 2. The summed E-state index contributed by atoms with van der Waals surface area (Å²) in [4.78, 5) is 16.5. The van der Waals surface area contributed by atoms with E-state index in [1.807, 2.05) is 25.8 Å². The topological polar surface area (TPSA) is 67.4 Å². The maximum atomic E-state index is 12.4. The van der Waals surface area contributed by atoms with Crippen LogP contribution in [0.2, 0.25) is 0 Å². The molecule has 1 aliphatic rings. The number of rotatable bonds is 3. The molecule has 20 heavy (non-hydrogen) atoms. The summed E-state index contributed by atoms with van der Waals surface area (Å²) >= 11 is 0. The van der Waals surface area contributed by atoms with Gasteiger partial charge in [-0.15, -0.1) is 0 Å². The van der Waals surface area contributed by atoms with Crippen molar-refractivity contribution in [3.8, 4) is 0 Å². The minimum Gasteiger partial charge on any atom is -0.396 e. The first-order chi connectivity index (χ1) is 9.40. The molecule has 0 saturated carbocycles. The van der Waals surface area contributed by atoms with Crippen LogP contribution >= 0.6 is 0 Å². The first-order valence-corrected chi connectivity index (χ1v) is 7.13. The molecular weight excluding hydrogens is 254 g/mol. The zero-order valence-electron chi connectivity index (χ0n) is 12.9. The number of likely N-dealkylation sites (N-methyl/N-ethyl adjacent to an activating group) is 2. The Bertz CT molecular complexity index is 496. The van der Waals surface area contributed by atoms with Gasteiger partial charge in [0, 0.05) is 19.6 Å². The van der Waals surface area contributed by atoms with Crippen molar-refractivity contribution in [1.82, 2.24) is 19.6 Å². The Kier molecular flexibility index (Phi) is 4.32. The molecule has 0 aliphatic carbocycles. The van der Waals surface area contributed by atoms with Crippen LogP contribution in [0.3, 0.4) is 0 Å². The zero-order chi connectivity index (χ0) is 14.9. The molecule has 0 aromatic carbocycles. The Labute approximate surface area is 120 Å². The molecule has 112 valence electrons. The summed E-state index contributed by atoms with van der Waals surface area (Å²) in [7, 11) is 3.99. The van der Waals surface area contributed by atoms with E-state index in [1.165, 1.54) is 0 Å². The molecular formula is C14H25N5O. The van der Waals surface area contributed by atoms with Crippen molar-refractivity contribution in [1.29, 1.82) is 0 Å². The second-order valence-corrected chi connectivity index (χ2v) is 5.81. The third-order valence-electron chi connectivity index (χ3n) is 4.26. The third kappa shape index (κ3) is 2.95. The van der Waals surface area contributed by atoms with E-state index >= 15 is 0 Å². The molecule has 6 heteroatoms. The molecule has 1 unspecified atom stereocenters. The molecule has 1 saturated heterocycles. The van der Waals surface area contributed by atoms with Crippen molar-refractivity contribution < 1.29 is 4.79 Å². The van der Waals surface area contributed by atoms with Gasteiger partial charge in [-0.25, -0.2) is 0 Å². The Hall–Kier alpha value is -1.56. The average molecular weight is 279 g/mol. The van der Waals surface area contributed by atoms with E-state index in [2.05, 4.69) is 17.0 Å². The van der Waals surface area contributed by atoms with Gasteiger partial charge in [-0.2, -0.15) is 5.10 Å². The van der Waals surface area contributed by atoms with Gasteiger partial charge in [0.05, 0.1) is 17.1 Å². The van der Waals surface area contributed by atoms with E-state index < -0.39 is 0 Å². The first-order valence-electron chi connectivity index (χ1n) is 7.13.